The standard InChI is InChI=1S/C17H10N4O2S/c18-10-14(8-12-2-1-3-15(9-12)21(22)23)17-20-16(11-24-17)13-4-6-19-7-5-13/h1-9,11H. The van der Waals surface area contributed by atoms with E-state index in [1.54, 1.807) is 30.6 Å². The number of hydrogen-bond acceptors (Lipinski definition) is 6. The fourth-order valence-corrected chi connectivity index (χ4v) is 2.88. The molecule has 0 N–H and O–H groups in total. The van der Waals surface area contributed by atoms with Crippen molar-refractivity contribution in [3.63, 3.8) is 0 Å². The van der Waals surface area contributed by atoms with Crippen molar-refractivity contribution in [3.05, 3.63) is 74.9 Å². The Kier molecular flexibility index (Phi) is 4.40. The number of rotatable bonds is 4. The van der Waals surface area contributed by atoms with Gasteiger partial charge in [0.1, 0.15) is 11.1 Å². The summed E-state index contributed by atoms with van der Waals surface area (Å²) < 4.78 is 0. The predicted octanol–water partition coefficient (Wildman–Crippen LogP) is 4.18. The third-order valence-corrected chi connectivity index (χ3v) is 4.10. The van der Waals surface area contributed by atoms with Gasteiger partial charge >= 0.3 is 0 Å². The molecule has 0 amide bonds. The summed E-state index contributed by atoms with van der Waals surface area (Å²) in [5, 5.41) is 22.7. The largest absolute Gasteiger partial charge is 0.270 e. The number of nitro benzene ring substituents is 1. The van der Waals surface area contributed by atoms with Crippen LogP contribution in [0.15, 0.2) is 54.2 Å². The molecule has 0 saturated heterocycles. The van der Waals surface area contributed by atoms with Gasteiger partial charge in [-0.25, -0.2) is 4.98 Å². The highest BCUT2D eigenvalue weighted by molar-refractivity contribution is 7.11. The van der Waals surface area contributed by atoms with Crippen LogP contribution < -0.4 is 0 Å². The van der Waals surface area contributed by atoms with Crippen LogP contribution in [-0.2, 0) is 0 Å². The number of nitriles is 1. The van der Waals surface area contributed by atoms with E-state index in [2.05, 4.69) is 16.0 Å². The van der Waals surface area contributed by atoms with Crippen LogP contribution in [0.4, 0.5) is 5.69 Å². The first-order chi connectivity index (χ1) is 11.7. The Balaban J connectivity index is 1.95. The van der Waals surface area contributed by atoms with Crippen molar-refractivity contribution in [3.8, 4) is 17.3 Å². The second-order valence-electron chi connectivity index (χ2n) is 4.80. The number of non-ortho nitro benzene ring substituents is 1. The van der Waals surface area contributed by atoms with E-state index in [0.29, 0.717) is 16.1 Å². The zero-order valence-corrected chi connectivity index (χ0v) is 13.1. The molecular weight excluding hydrogens is 324 g/mol. The molecule has 0 saturated carbocycles. The van der Waals surface area contributed by atoms with Crippen LogP contribution in [-0.4, -0.2) is 14.9 Å². The predicted molar refractivity (Wildman–Crippen MR) is 91.9 cm³/mol. The number of nitro groups is 1. The van der Waals surface area contributed by atoms with E-state index in [-0.39, 0.29) is 5.69 Å². The molecular formula is C17H10N4O2S. The number of nitrogens with zero attached hydrogens (tertiary/aromatic N) is 4. The molecule has 0 atom stereocenters. The van der Waals surface area contributed by atoms with E-state index in [9.17, 15) is 15.4 Å². The highest BCUT2D eigenvalue weighted by Crippen LogP contribution is 2.27. The third kappa shape index (κ3) is 3.34. The van der Waals surface area contributed by atoms with Gasteiger partial charge in [-0.15, -0.1) is 11.3 Å². The molecule has 0 unspecified atom stereocenters. The van der Waals surface area contributed by atoms with Gasteiger partial charge in [-0.3, -0.25) is 15.1 Å². The first-order valence-corrected chi connectivity index (χ1v) is 7.78. The Bertz CT molecular complexity index is 958. The maximum absolute atomic E-state index is 10.8. The van der Waals surface area contributed by atoms with Crippen molar-refractivity contribution >= 4 is 28.7 Å². The molecule has 116 valence electrons. The van der Waals surface area contributed by atoms with E-state index >= 15 is 0 Å². The minimum Gasteiger partial charge on any atom is -0.265 e. The normalized spacial score (nSPS) is 11.0. The highest BCUT2D eigenvalue weighted by atomic mass is 32.1. The Hall–Kier alpha value is -3.37. The lowest BCUT2D eigenvalue weighted by Crippen LogP contribution is -1.88. The maximum Gasteiger partial charge on any atom is 0.270 e. The van der Waals surface area contributed by atoms with Gasteiger partial charge in [0, 0.05) is 35.5 Å². The van der Waals surface area contributed by atoms with Gasteiger partial charge in [0.2, 0.25) is 0 Å². The van der Waals surface area contributed by atoms with Crippen molar-refractivity contribution in [2.45, 2.75) is 0 Å². The number of allylic oxidation sites excluding steroid dienone is 1. The van der Waals surface area contributed by atoms with Crippen molar-refractivity contribution in [2.75, 3.05) is 0 Å². The minimum atomic E-state index is -0.464. The monoisotopic (exact) mass is 334 g/mol. The van der Waals surface area contributed by atoms with Crippen LogP contribution in [0.3, 0.4) is 0 Å². The highest BCUT2D eigenvalue weighted by Gasteiger charge is 2.10. The van der Waals surface area contributed by atoms with Gasteiger partial charge in [0.15, 0.2) is 0 Å². The summed E-state index contributed by atoms with van der Waals surface area (Å²) in [4.78, 5) is 18.8. The number of hydrogen-bond donors (Lipinski definition) is 0. The molecule has 2 heterocycles. The average Bonchev–Trinajstić information content (AvgIpc) is 3.10. The fraction of sp³-hybridized carbons (Fsp3) is 0. The van der Waals surface area contributed by atoms with E-state index < -0.39 is 4.92 Å². The average molecular weight is 334 g/mol. The van der Waals surface area contributed by atoms with Crippen molar-refractivity contribution < 1.29 is 4.92 Å². The first kappa shape index (κ1) is 15.5. The van der Waals surface area contributed by atoms with Crippen LogP contribution >= 0.6 is 11.3 Å². The van der Waals surface area contributed by atoms with Crippen LogP contribution in [0.2, 0.25) is 0 Å². The number of thiazole rings is 1. The van der Waals surface area contributed by atoms with Crippen LogP contribution in [0.25, 0.3) is 22.9 Å². The molecule has 7 heteroatoms. The summed E-state index contributed by atoms with van der Waals surface area (Å²) in [6.07, 6.45) is 4.96. The van der Waals surface area contributed by atoms with E-state index in [4.69, 9.17) is 0 Å². The van der Waals surface area contributed by atoms with Gasteiger partial charge < -0.3 is 0 Å². The van der Waals surface area contributed by atoms with Crippen LogP contribution in [0, 0.1) is 21.4 Å². The first-order valence-electron chi connectivity index (χ1n) is 6.90. The molecule has 0 aliphatic rings. The molecule has 1 aromatic carbocycles. The van der Waals surface area contributed by atoms with E-state index in [0.717, 1.165) is 11.3 Å². The Morgan fingerprint density at radius 1 is 1.29 bits per heavy atom. The molecule has 6 nitrogen and oxygen atoms in total. The lowest BCUT2D eigenvalue weighted by Gasteiger charge is -1.97. The van der Waals surface area contributed by atoms with Crippen molar-refractivity contribution in [1.82, 2.24) is 9.97 Å². The molecule has 0 aliphatic heterocycles. The quantitative estimate of drug-likeness (QED) is 0.405. The molecule has 0 radical (unpaired) electrons. The van der Waals surface area contributed by atoms with Crippen molar-refractivity contribution in [1.29, 1.82) is 5.26 Å². The Labute approximate surface area is 141 Å². The second-order valence-corrected chi connectivity index (χ2v) is 5.65. The molecule has 0 aliphatic carbocycles. The number of pyridine rings is 1. The number of benzene rings is 1. The molecule has 0 spiro atoms. The molecule has 3 rings (SSSR count). The number of aromatic nitrogens is 2. The van der Waals surface area contributed by atoms with Gasteiger partial charge in [0.25, 0.3) is 5.69 Å². The summed E-state index contributed by atoms with van der Waals surface area (Å²) >= 11 is 1.35. The lowest BCUT2D eigenvalue weighted by molar-refractivity contribution is -0.384. The molecule has 24 heavy (non-hydrogen) atoms. The minimum absolute atomic E-state index is 0.0161. The van der Waals surface area contributed by atoms with Crippen LogP contribution in [0.5, 0.6) is 0 Å². The zero-order chi connectivity index (χ0) is 16.9. The second kappa shape index (κ2) is 6.81. The van der Waals surface area contributed by atoms with Crippen molar-refractivity contribution in [2.24, 2.45) is 0 Å². The topological polar surface area (TPSA) is 92.7 Å². The summed E-state index contributed by atoms with van der Waals surface area (Å²) in [5.41, 5.74) is 2.61. The maximum atomic E-state index is 10.8. The summed E-state index contributed by atoms with van der Waals surface area (Å²) in [5.74, 6) is 0. The molecule has 0 bridgehead atoms. The van der Waals surface area contributed by atoms with E-state index in [1.807, 2.05) is 17.5 Å². The van der Waals surface area contributed by atoms with E-state index in [1.165, 1.54) is 23.5 Å². The summed E-state index contributed by atoms with van der Waals surface area (Å²) in [6, 6.07) is 11.9. The van der Waals surface area contributed by atoms with Gasteiger partial charge in [0.05, 0.1) is 16.2 Å². The van der Waals surface area contributed by atoms with Gasteiger partial charge in [-0.2, -0.15) is 5.26 Å². The Morgan fingerprint density at radius 3 is 2.79 bits per heavy atom. The molecule has 3 aromatic rings. The zero-order valence-electron chi connectivity index (χ0n) is 12.3. The summed E-state index contributed by atoms with van der Waals surface area (Å²) in [6.45, 7) is 0. The summed E-state index contributed by atoms with van der Waals surface area (Å²) in [7, 11) is 0. The third-order valence-electron chi connectivity index (χ3n) is 3.22. The van der Waals surface area contributed by atoms with Crippen LogP contribution in [0.1, 0.15) is 10.6 Å². The van der Waals surface area contributed by atoms with Gasteiger partial charge in [-0.1, -0.05) is 12.1 Å². The molecule has 2 aromatic heterocycles. The lowest BCUT2D eigenvalue weighted by atomic mass is 10.1. The molecule has 0 fully saturated rings. The SMILES string of the molecule is N#CC(=Cc1cccc([N+](=O)[O-])c1)c1nc(-c2ccncc2)cs1. The smallest absolute Gasteiger partial charge is 0.265 e. The fourth-order valence-electron chi connectivity index (χ4n) is 2.09. The van der Waals surface area contributed by atoms with Gasteiger partial charge in [-0.05, 0) is 23.8 Å². The Morgan fingerprint density at radius 2 is 2.08 bits per heavy atom.